The van der Waals surface area contributed by atoms with E-state index in [0.29, 0.717) is 18.8 Å². The number of rotatable bonds is 2. The minimum absolute atomic E-state index is 0.0661. The van der Waals surface area contributed by atoms with Crippen LogP contribution in [-0.4, -0.2) is 52.0 Å². The number of urea groups is 1. The molecule has 2 aromatic rings. The largest absolute Gasteiger partial charge is 0.324 e. The summed E-state index contributed by atoms with van der Waals surface area (Å²) < 4.78 is 13.3. The van der Waals surface area contributed by atoms with Crippen LogP contribution in [0, 0.1) is 12.7 Å². The van der Waals surface area contributed by atoms with Gasteiger partial charge in [0.25, 0.3) is 5.91 Å². The van der Waals surface area contributed by atoms with E-state index in [1.165, 1.54) is 12.1 Å². The zero-order valence-electron chi connectivity index (χ0n) is 16.4. The molecule has 0 aliphatic carbocycles. The van der Waals surface area contributed by atoms with Crippen LogP contribution in [0.5, 0.6) is 0 Å². The maximum atomic E-state index is 13.3. The predicted octanol–water partition coefficient (Wildman–Crippen LogP) is 4.35. The van der Waals surface area contributed by atoms with Crippen molar-refractivity contribution < 1.29 is 14.0 Å². The molecule has 2 aliphatic heterocycles. The van der Waals surface area contributed by atoms with Gasteiger partial charge in [0.15, 0.2) is 0 Å². The number of nitrogens with one attached hydrogen (secondary N) is 1. The molecule has 1 N–H and O–H groups in total. The number of likely N-dealkylation sites (tertiary alicyclic amines) is 1. The van der Waals surface area contributed by atoms with E-state index in [1.807, 2.05) is 47.9 Å². The number of thioether (sulfide) groups is 1. The lowest BCUT2D eigenvalue weighted by Gasteiger charge is -2.44. The summed E-state index contributed by atoms with van der Waals surface area (Å²) in [4.78, 5) is 29.2. The molecule has 2 fully saturated rings. The zero-order valence-corrected chi connectivity index (χ0v) is 17.2. The molecule has 7 heteroatoms. The molecule has 3 amide bonds. The molecule has 0 saturated carbocycles. The standard InChI is InChI=1S/C22H24FN3O2S/c1-16-4-2-5-17(14-16)20(27)26-12-13-29-22(26)8-10-25(11-9-22)21(28)24-19-7-3-6-18(23)15-19/h2-7,14-15H,8-13H2,1H3,(H,24,28). The molecular weight excluding hydrogens is 389 g/mol. The number of benzene rings is 2. The Bertz CT molecular complexity index is 928. The summed E-state index contributed by atoms with van der Waals surface area (Å²) in [5.74, 6) is 0.594. The molecule has 152 valence electrons. The van der Waals surface area contributed by atoms with Crippen molar-refractivity contribution in [3.05, 3.63) is 65.5 Å². The van der Waals surface area contributed by atoms with Gasteiger partial charge in [-0.1, -0.05) is 23.8 Å². The highest BCUT2D eigenvalue weighted by molar-refractivity contribution is 8.00. The minimum Gasteiger partial charge on any atom is -0.324 e. The molecule has 4 rings (SSSR count). The van der Waals surface area contributed by atoms with E-state index in [4.69, 9.17) is 0 Å². The molecule has 1 spiro atoms. The second-order valence-electron chi connectivity index (χ2n) is 7.55. The summed E-state index contributed by atoms with van der Waals surface area (Å²) in [6, 6.07) is 13.4. The van der Waals surface area contributed by atoms with Crippen LogP contribution < -0.4 is 5.32 Å². The second-order valence-corrected chi connectivity index (χ2v) is 9.01. The first-order valence-corrected chi connectivity index (χ1v) is 10.8. The SMILES string of the molecule is Cc1cccc(C(=O)N2CCSC23CCN(C(=O)Nc2cccc(F)c2)CC3)c1. The van der Waals surface area contributed by atoms with Crippen molar-refractivity contribution in [3.63, 3.8) is 0 Å². The van der Waals surface area contributed by atoms with E-state index in [2.05, 4.69) is 5.32 Å². The smallest absolute Gasteiger partial charge is 0.321 e. The first kappa shape index (κ1) is 19.8. The number of halogens is 1. The van der Waals surface area contributed by atoms with Gasteiger partial charge in [0.2, 0.25) is 0 Å². The van der Waals surface area contributed by atoms with Crippen molar-refractivity contribution in [2.45, 2.75) is 24.6 Å². The first-order chi connectivity index (χ1) is 14.0. The van der Waals surface area contributed by atoms with Crippen molar-refractivity contribution in [2.75, 3.05) is 30.7 Å². The Kier molecular flexibility index (Phi) is 5.50. The Hall–Kier alpha value is -2.54. The van der Waals surface area contributed by atoms with Gasteiger partial charge in [0.05, 0.1) is 4.87 Å². The van der Waals surface area contributed by atoms with Crippen molar-refractivity contribution in [2.24, 2.45) is 0 Å². The minimum atomic E-state index is -0.381. The monoisotopic (exact) mass is 413 g/mol. The number of anilines is 1. The van der Waals surface area contributed by atoms with Gasteiger partial charge in [0.1, 0.15) is 5.82 Å². The van der Waals surface area contributed by atoms with E-state index in [-0.39, 0.29) is 22.6 Å². The predicted molar refractivity (Wildman–Crippen MR) is 114 cm³/mol. The molecule has 2 saturated heterocycles. The fourth-order valence-electron chi connectivity index (χ4n) is 4.07. The van der Waals surface area contributed by atoms with Crippen LogP contribution in [0.4, 0.5) is 14.9 Å². The Morgan fingerprint density at radius 2 is 1.83 bits per heavy atom. The van der Waals surface area contributed by atoms with E-state index < -0.39 is 0 Å². The van der Waals surface area contributed by atoms with Crippen LogP contribution in [0.3, 0.4) is 0 Å². The van der Waals surface area contributed by atoms with E-state index in [0.717, 1.165) is 36.3 Å². The van der Waals surface area contributed by atoms with Crippen LogP contribution >= 0.6 is 11.8 Å². The van der Waals surface area contributed by atoms with Crippen molar-refractivity contribution in [1.29, 1.82) is 0 Å². The summed E-state index contributed by atoms with van der Waals surface area (Å²) in [6.45, 7) is 3.84. The lowest BCUT2D eigenvalue weighted by atomic mass is 10.0. The molecule has 0 radical (unpaired) electrons. The second kappa shape index (κ2) is 8.06. The third-order valence-corrected chi connectivity index (χ3v) is 7.15. The van der Waals surface area contributed by atoms with Gasteiger partial charge < -0.3 is 15.1 Å². The van der Waals surface area contributed by atoms with Crippen LogP contribution in [0.1, 0.15) is 28.8 Å². The number of piperidine rings is 1. The van der Waals surface area contributed by atoms with Gasteiger partial charge in [-0.15, -0.1) is 11.8 Å². The fourth-order valence-corrected chi connectivity index (χ4v) is 5.53. The normalized spacial score (nSPS) is 18.1. The van der Waals surface area contributed by atoms with E-state index in [1.54, 1.807) is 17.0 Å². The van der Waals surface area contributed by atoms with Gasteiger partial charge in [-0.25, -0.2) is 9.18 Å². The third kappa shape index (κ3) is 4.10. The number of hydrogen-bond donors (Lipinski definition) is 1. The maximum absolute atomic E-state index is 13.3. The van der Waals surface area contributed by atoms with Gasteiger partial charge in [-0.3, -0.25) is 4.79 Å². The summed E-state index contributed by atoms with van der Waals surface area (Å²) in [7, 11) is 0. The zero-order chi connectivity index (χ0) is 20.4. The van der Waals surface area contributed by atoms with Gasteiger partial charge in [-0.05, 0) is 50.1 Å². The van der Waals surface area contributed by atoms with Gasteiger partial charge in [-0.2, -0.15) is 0 Å². The Balaban J connectivity index is 1.42. The lowest BCUT2D eigenvalue weighted by Crippen LogP contribution is -2.54. The molecule has 29 heavy (non-hydrogen) atoms. The Labute approximate surface area is 174 Å². The molecule has 0 atom stereocenters. The molecule has 2 heterocycles. The molecule has 2 aromatic carbocycles. The highest BCUT2D eigenvalue weighted by Crippen LogP contribution is 2.44. The summed E-state index contributed by atoms with van der Waals surface area (Å²) in [6.07, 6.45) is 1.46. The Morgan fingerprint density at radius 1 is 1.07 bits per heavy atom. The number of hydrogen-bond acceptors (Lipinski definition) is 3. The number of aryl methyl sites for hydroxylation is 1. The van der Waals surface area contributed by atoms with Crippen LogP contribution in [0.25, 0.3) is 0 Å². The molecule has 0 unspecified atom stereocenters. The molecule has 5 nitrogen and oxygen atoms in total. The quantitative estimate of drug-likeness (QED) is 0.797. The average Bonchev–Trinajstić information content (AvgIpc) is 3.11. The molecule has 2 aliphatic rings. The van der Waals surface area contributed by atoms with Gasteiger partial charge >= 0.3 is 6.03 Å². The van der Waals surface area contributed by atoms with E-state index in [9.17, 15) is 14.0 Å². The average molecular weight is 414 g/mol. The molecule has 0 aromatic heterocycles. The summed E-state index contributed by atoms with van der Waals surface area (Å²) in [5, 5.41) is 2.76. The first-order valence-electron chi connectivity index (χ1n) is 9.81. The van der Waals surface area contributed by atoms with Crippen molar-refractivity contribution >= 4 is 29.4 Å². The fraction of sp³-hybridized carbons (Fsp3) is 0.364. The topological polar surface area (TPSA) is 52.7 Å². The van der Waals surface area contributed by atoms with Crippen molar-refractivity contribution in [3.8, 4) is 0 Å². The lowest BCUT2D eigenvalue weighted by molar-refractivity contribution is 0.0585. The highest BCUT2D eigenvalue weighted by Gasteiger charge is 2.47. The number of carbonyl (C=O) groups is 2. The molecule has 0 bridgehead atoms. The van der Waals surface area contributed by atoms with Crippen LogP contribution in [0.2, 0.25) is 0 Å². The highest BCUT2D eigenvalue weighted by atomic mass is 32.2. The third-order valence-electron chi connectivity index (χ3n) is 5.60. The number of nitrogens with zero attached hydrogens (tertiary/aromatic N) is 2. The summed E-state index contributed by atoms with van der Waals surface area (Å²) in [5.41, 5.74) is 2.24. The number of amides is 3. The van der Waals surface area contributed by atoms with Crippen LogP contribution in [-0.2, 0) is 0 Å². The maximum Gasteiger partial charge on any atom is 0.321 e. The summed E-state index contributed by atoms with van der Waals surface area (Å²) >= 11 is 1.82. The molecular formula is C22H24FN3O2S. The van der Waals surface area contributed by atoms with Gasteiger partial charge in [0, 0.05) is 36.6 Å². The number of carbonyl (C=O) groups excluding carboxylic acids is 2. The Morgan fingerprint density at radius 3 is 2.55 bits per heavy atom. The van der Waals surface area contributed by atoms with E-state index >= 15 is 0 Å². The van der Waals surface area contributed by atoms with Crippen LogP contribution in [0.15, 0.2) is 48.5 Å². The van der Waals surface area contributed by atoms with Crippen molar-refractivity contribution in [1.82, 2.24) is 9.80 Å².